The van der Waals surface area contributed by atoms with Crippen molar-refractivity contribution in [3.63, 3.8) is 0 Å². The highest BCUT2D eigenvalue weighted by atomic mass is 16.5. The second kappa shape index (κ2) is 9.75. The number of hydrogen-bond acceptors (Lipinski definition) is 4. The molecule has 2 N–H and O–H groups in total. The third kappa shape index (κ3) is 5.41. The van der Waals surface area contributed by atoms with Crippen molar-refractivity contribution in [2.24, 2.45) is 0 Å². The topological polar surface area (TPSA) is 50.7 Å². The number of hydroxylamine groups is 1. The lowest BCUT2D eigenvalue weighted by Gasteiger charge is -2.11. The lowest BCUT2D eigenvalue weighted by Crippen LogP contribution is -2.06. The number of ether oxygens (including phenoxy) is 2. The van der Waals surface area contributed by atoms with E-state index in [1.165, 1.54) is 5.57 Å². The van der Waals surface area contributed by atoms with E-state index in [0.717, 1.165) is 42.1 Å². The summed E-state index contributed by atoms with van der Waals surface area (Å²) in [5, 5.41) is 8.85. The molecule has 0 aromatic heterocycles. The third-order valence-electron chi connectivity index (χ3n) is 3.74. The average molecular weight is 327 g/mol. The van der Waals surface area contributed by atoms with Crippen molar-refractivity contribution >= 4 is 5.57 Å². The van der Waals surface area contributed by atoms with Crippen LogP contribution in [0.5, 0.6) is 17.2 Å². The number of hydrogen-bond donors (Lipinski definition) is 2. The number of methoxy groups -OCH3 is 1. The predicted molar refractivity (Wildman–Crippen MR) is 96.8 cm³/mol. The Morgan fingerprint density at radius 3 is 2.50 bits per heavy atom. The van der Waals surface area contributed by atoms with E-state index in [2.05, 4.69) is 18.5 Å². The summed E-state index contributed by atoms with van der Waals surface area (Å²) in [5.74, 6) is 2.36. The van der Waals surface area contributed by atoms with E-state index in [-0.39, 0.29) is 0 Å². The molecule has 2 aromatic rings. The molecule has 4 heteroatoms. The van der Waals surface area contributed by atoms with Crippen LogP contribution in [-0.2, 0) is 0 Å². The molecule has 0 fully saturated rings. The fourth-order valence-electron chi connectivity index (χ4n) is 2.44. The molecule has 0 heterocycles. The summed E-state index contributed by atoms with van der Waals surface area (Å²) in [6.45, 7) is 2.60. The van der Waals surface area contributed by atoms with E-state index >= 15 is 0 Å². The largest absolute Gasteiger partial charge is 0.497 e. The van der Waals surface area contributed by atoms with Gasteiger partial charge in [0.2, 0.25) is 0 Å². The van der Waals surface area contributed by atoms with Crippen LogP contribution in [0.3, 0.4) is 0 Å². The Hall–Kier alpha value is -2.30. The predicted octanol–water partition coefficient (Wildman–Crippen LogP) is 5.04. The van der Waals surface area contributed by atoms with Crippen molar-refractivity contribution in [2.45, 2.75) is 26.2 Å². The van der Waals surface area contributed by atoms with Crippen LogP contribution in [0.1, 0.15) is 31.7 Å². The van der Waals surface area contributed by atoms with Crippen LogP contribution < -0.4 is 15.0 Å². The van der Waals surface area contributed by atoms with Gasteiger partial charge >= 0.3 is 0 Å². The maximum absolute atomic E-state index is 8.85. The Morgan fingerprint density at radius 1 is 1.08 bits per heavy atom. The van der Waals surface area contributed by atoms with Crippen molar-refractivity contribution in [1.29, 1.82) is 0 Å². The van der Waals surface area contributed by atoms with E-state index in [9.17, 15) is 0 Å². The first-order chi connectivity index (χ1) is 11.8. The molecule has 2 aromatic carbocycles. The van der Waals surface area contributed by atoms with Crippen LogP contribution in [0.25, 0.3) is 5.57 Å². The molecular formula is C20H25NO3. The van der Waals surface area contributed by atoms with Crippen molar-refractivity contribution in [3.05, 3.63) is 60.2 Å². The zero-order valence-corrected chi connectivity index (χ0v) is 14.3. The monoisotopic (exact) mass is 327 g/mol. The standard InChI is InChI=1S/C20H25NO3/c1-3-4-6-16(13-14-21-22)17-7-5-8-20(15-17)24-19-11-9-18(23-2)10-12-19/h5,7-13,15,21-22H,3-4,6,14H2,1-2H3/b16-13+. The van der Waals surface area contributed by atoms with Gasteiger partial charge in [-0.1, -0.05) is 31.6 Å². The van der Waals surface area contributed by atoms with E-state index in [1.807, 2.05) is 48.5 Å². The molecule has 2 rings (SSSR count). The maximum atomic E-state index is 8.85. The number of benzene rings is 2. The number of rotatable bonds is 9. The fraction of sp³-hybridized carbons (Fsp3) is 0.300. The van der Waals surface area contributed by atoms with Crippen LogP contribution in [0, 0.1) is 0 Å². The van der Waals surface area contributed by atoms with Crippen LogP contribution in [-0.4, -0.2) is 18.9 Å². The molecule has 0 spiro atoms. The van der Waals surface area contributed by atoms with Gasteiger partial charge in [0, 0.05) is 6.54 Å². The van der Waals surface area contributed by atoms with Crippen molar-refractivity contribution in [1.82, 2.24) is 5.48 Å². The van der Waals surface area contributed by atoms with Gasteiger partial charge in [0.05, 0.1) is 7.11 Å². The highest BCUT2D eigenvalue weighted by Gasteiger charge is 2.05. The lowest BCUT2D eigenvalue weighted by atomic mass is 9.99. The van der Waals surface area contributed by atoms with Crippen LogP contribution >= 0.6 is 0 Å². The van der Waals surface area contributed by atoms with Gasteiger partial charge in [-0.2, -0.15) is 0 Å². The second-order valence-corrected chi connectivity index (χ2v) is 5.50. The number of unbranched alkanes of at least 4 members (excludes halogenated alkanes) is 1. The van der Waals surface area contributed by atoms with E-state index in [0.29, 0.717) is 6.54 Å². The zero-order valence-electron chi connectivity index (χ0n) is 14.3. The van der Waals surface area contributed by atoms with E-state index in [1.54, 1.807) is 7.11 Å². The molecule has 0 aliphatic heterocycles. The summed E-state index contributed by atoms with van der Waals surface area (Å²) >= 11 is 0. The molecule has 0 saturated heterocycles. The first-order valence-electron chi connectivity index (χ1n) is 8.25. The third-order valence-corrected chi connectivity index (χ3v) is 3.74. The molecule has 0 aliphatic carbocycles. The quantitative estimate of drug-likeness (QED) is 0.634. The molecule has 0 bridgehead atoms. The summed E-state index contributed by atoms with van der Waals surface area (Å²) in [7, 11) is 1.64. The van der Waals surface area contributed by atoms with Gasteiger partial charge in [0.1, 0.15) is 17.2 Å². The van der Waals surface area contributed by atoms with Crippen molar-refractivity contribution in [3.8, 4) is 17.2 Å². The summed E-state index contributed by atoms with van der Waals surface area (Å²) in [5.41, 5.74) is 4.51. The Labute approximate surface area is 143 Å². The Kier molecular flexibility index (Phi) is 7.33. The van der Waals surface area contributed by atoms with Crippen LogP contribution in [0.2, 0.25) is 0 Å². The Balaban J connectivity index is 2.16. The maximum Gasteiger partial charge on any atom is 0.128 e. The normalized spacial score (nSPS) is 11.4. The molecule has 24 heavy (non-hydrogen) atoms. The first-order valence-corrected chi connectivity index (χ1v) is 8.25. The number of nitrogens with one attached hydrogen (secondary N) is 1. The van der Waals surface area contributed by atoms with Gasteiger partial charge in [0.25, 0.3) is 0 Å². The zero-order chi connectivity index (χ0) is 17.2. The minimum atomic E-state index is 0.433. The molecular weight excluding hydrogens is 302 g/mol. The number of allylic oxidation sites excluding steroid dienone is 1. The molecule has 4 nitrogen and oxygen atoms in total. The summed E-state index contributed by atoms with van der Waals surface area (Å²) < 4.78 is 11.1. The average Bonchev–Trinajstić information content (AvgIpc) is 2.63. The van der Waals surface area contributed by atoms with Crippen LogP contribution in [0.15, 0.2) is 54.6 Å². The van der Waals surface area contributed by atoms with E-state index < -0.39 is 0 Å². The van der Waals surface area contributed by atoms with Gasteiger partial charge in [0.15, 0.2) is 0 Å². The first kappa shape index (κ1) is 18.0. The summed E-state index contributed by atoms with van der Waals surface area (Å²) in [6.07, 6.45) is 5.24. The minimum absolute atomic E-state index is 0.433. The molecule has 0 radical (unpaired) electrons. The molecule has 0 saturated carbocycles. The van der Waals surface area contributed by atoms with Gasteiger partial charge in [-0.05, 0) is 60.4 Å². The Morgan fingerprint density at radius 2 is 1.83 bits per heavy atom. The Bertz CT molecular complexity index is 650. The van der Waals surface area contributed by atoms with Gasteiger partial charge in [-0.3, -0.25) is 0 Å². The lowest BCUT2D eigenvalue weighted by molar-refractivity contribution is 0.179. The van der Waals surface area contributed by atoms with Crippen LogP contribution in [0.4, 0.5) is 0 Å². The van der Waals surface area contributed by atoms with Gasteiger partial charge in [-0.15, -0.1) is 0 Å². The molecule has 0 aliphatic rings. The SMILES string of the molecule is CCCC/C(=C\CNO)c1cccc(Oc2ccc(OC)cc2)c1. The van der Waals surface area contributed by atoms with Crippen molar-refractivity contribution in [2.75, 3.05) is 13.7 Å². The van der Waals surface area contributed by atoms with E-state index in [4.69, 9.17) is 14.7 Å². The molecule has 0 amide bonds. The smallest absolute Gasteiger partial charge is 0.128 e. The molecule has 0 atom stereocenters. The minimum Gasteiger partial charge on any atom is -0.497 e. The molecule has 128 valence electrons. The highest BCUT2D eigenvalue weighted by Crippen LogP contribution is 2.28. The van der Waals surface area contributed by atoms with Gasteiger partial charge in [-0.25, -0.2) is 5.48 Å². The molecule has 0 unspecified atom stereocenters. The van der Waals surface area contributed by atoms with Crippen molar-refractivity contribution < 1.29 is 14.7 Å². The van der Waals surface area contributed by atoms with Gasteiger partial charge < -0.3 is 14.7 Å². The fourth-order valence-corrected chi connectivity index (χ4v) is 2.44. The highest BCUT2D eigenvalue weighted by molar-refractivity contribution is 5.67. The second-order valence-electron chi connectivity index (χ2n) is 5.50. The summed E-state index contributed by atoms with van der Waals surface area (Å²) in [4.78, 5) is 0. The summed E-state index contributed by atoms with van der Waals surface area (Å²) in [6, 6.07) is 15.5.